The molecule has 0 bridgehead atoms. The molecular weight excluding hydrogens is 436 g/mol. The molecule has 1 unspecified atom stereocenters. The summed E-state index contributed by atoms with van der Waals surface area (Å²) >= 11 is 1.48. The number of carbonyl (C=O) groups is 1. The molecule has 2 aromatic heterocycles. The summed E-state index contributed by atoms with van der Waals surface area (Å²) < 4.78 is 7.32. The number of aryl methyl sites for hydroxylation is 2. The molecule has 1 atom stereocenters. The second-order valence-electron chi connectivity index (χ2n) is 9.01. The second kappa shape index (κ2) is 9.75. The van der Waals surface area contributed by atoms with Gasteiger partial charge in [-0.15, -0.1) is 11.3 Å². The fourth-order valence-corrected chi connectivity index (χ4v) is 5.61. The summed E-state index contributed by atoms with van der Waals surface area (Å²) in [7, 11) is 0. The van der Waals surface area contributed by atoms with E-state index in [4.69, 9.17) is 4.74 Å². The fraction of sp³-hybridized carbons (Fsp3) is 0.480. The monoisotopic (exact) mass is 466 g/mol. The zero-order valence-electron chi connectivity index (χ0n) is 19.0. The van der Waals surface area contributed by atoms with Crippen molar-refractivity contribution in [3.63, 3.8) is 0 Å². The number of rotatable bonds is 6. The molecule has 174 valence electrons. The van der Waals surface area contributed by atoms with E-state index in [-0.39, 0.29) is 11.5 Å². The van der Waals surface area contributed by atoms with E-state index in [1.807, 2.05) is 41.5 Å². The van der Waals surface area contributed by atoms with Crippen LogP contribution in [0.25, 0.3) is 21.3 Å². The molecule has 0 aliphatic carbocycles. The van der Waals surface area contributed by atoms with Gasteiger partial charge in [-0.25, -0.2) is 4.98 Å². The number of amides is 1. The Hall–Kier alpha value is -2.55. The zero-order valence-corrected chi connectivity index (χ0v) is 19.9. The Morgan fingerprint density at radius 1 is 1.18 bits per heavy atom. The van der Waals surface area contributed by atoms with Crippen LogP contribution in [0.5, 0.6) is 0 Å². The van der Waals surface area contributed by atoms with Crippen LogP contribution in [0, 0.1) is 6.92 Å². The molecule has 4 heterocycles. The quantitative estimate of drug-likeness (QED) is 0.558. The Morgan fingerprint density at radius 2 is 1.97 bits per heavy atom. The molecule has 2 fully saturated rings. The Balaban J connectivity index is 1.22. The number of fused-ring (bicyclic) bond motifs is 1. The topological polar surface area (TPSA) is 67.7 Å². The summed E-state index contributed by atoms with van der Waals surface area (Å²) in [5, 5.41) is 2.64. The number of benzene rings is 1. The van der Waals surface area contributed by atoms with Crippen LogP contribution in [0.4, 0.5) is 0 Å². The lowest BCUT2D eigenvalue weighted by Crippen LogP contribution is -2.50. The maximum absolute atomic E-state index is 13.2. The molecule has 8 heteroatoms. The van der Waals surface area contributed by atoms with Crippen molar-refractivity contribution in [2.75, 3.05) is 39.3 Å². The number of piperazine rings is 1. The first-order chi connectivity index (χ1) is 16.1. The fourth-order valence-electron chi connectivity index (χ4n) is 4.70. The van der Waals surface area contributed by atoms with E-state index in [0.717, 1.165) is 68.1 Å². The highest BCUT2D eigenvalue weighted by atomic mass is 32.1. The number of thiophene rings is 1. The average molecular weight is 467 g/mol. The predicted molar refractivity (Wildman–Crippen MR) is 131 cm³/mol. The van der Waals surface area contributed by atoms with Crippen LogP contribution in [0.3, 0.4) is 0 Å². The molecule has 0 radical (unpaired) electrons. The van der Waals surface area contributed by atoms with Crippen molar-refractivity contribution >= 4 is 27.5 Å². The molecule has 33 heavy (non-hydrogen) atoms. The molecule has 2 aliphatic heterocycles. The number of hydrogen-bond acceptors (Lipinski definition) is 6. The number of nitrogens with zero attached hydrogens (tertiary/aromatic N) is 4. The van der Waals surface area contributed by atoms with E-state index >= 15 is 0 Å². The molecular formula is C25H30N4O3S. The molecule has 0 N–H and O–H groups in total. The molecule has 1 amide bonds. The summed E-state index contributed by atoms with van der Waals surface area (Å²) in [5.41, 5.74) is 3.03. The zero-order chi connectivity index (χ0) is 22.8. The highest BCUT2D eigenvalue weighted by Gasteiger charge is 2.25. The van der Waals surface area contributed by atoms with Gasteiger partial charge in [0.1, 0.15) is 4.83 Å². The van der Waals surface area contributed by atoms with Crippen LogP contribution in [0.15, 0.2) is 40.8 Å². The van der Waals surface area contributed by atoms with Crippen molar-refractivity contribution in [1.29, 1.82) is 0 Å². The minimum absolute atomic E-state index is 0.0778. The van der Waals surface area contributed by atoms with Gasteiger partial charge >= 0.3 is 0 Å². The van der Waals surface area contributed by atoms with E-state index < -0.39 is 0 Å². The average Bonchev–Trinajstić information content (AvgIpc) is 3.50. The van der Waals surface area contributed by atoms with Gasteiger partial charge in [0.15, 0.2) is 0 Å². The largest absolute Gasteiger partial charge is 0.377 e. The van der Waals surface area contributed by atoms with Gasteiger partial charge in [-0.2, -0.15) is 0 Å². The Bertz CT molecular complexity index is 1170. The Morgan fingerprint density at radius 3 is 2.70 bits per heavy atom. The molecule has 2 saturated heterocycles. The minimum Gasteiger partial charge on any atom is -0.377 e. The van der Waals surface area contributed by atoms with Gasteiger partial charge in [0, 0.05) is 63.2 Å². The molecule has 7 nitrogen and oxygen atoms in total. The van der Waals surface area contributed by atoms with Crippen LogP contribution in [-0.4, -0.2) is 70.7 Å². The highest BCUT2D eigenvalue weighted by Crippen LogP contribution is 2.30. The van der Waals surface area contributed by atoms with Gasteiger partial charge in [-0.05, 0) is 25.3 Å². The summed E-state index contributed by atoms with van der Waals surface area (Å²) in [4.78, 5) is 35.6. The minimum atomic E-state index is -0.0778. The Labute approximate surface area is 197 Å². The van der Waals surface area contributed by atoms with Crippen molar-refractivity contribution in [3.05, 3.63) is 51.9 Å². The van der Waals surface area contributed by atoms with Crippen LogP contribution >= 0.6 is 11.3 Å². The van der Waals surface area contributed by atoms with Crippen molar-refractivity contribution in [1.82, 2.24) is 19.4 Å². The van der Waals surface area contributed by atoms with Crippen LogP contribution < -0.4 is 5.56 Å². The number of aromatic nitrogens is 2. The van der Waals surface area contributed by atoms with E-state index in [0.29, 0.717) is 24.5 Å². The third-order valence-electron chi connectivity index (χ3n) is 6.70. The van der Waals surface area contributed by atoms with Crippen LogP contribution in [-0.2, 0) is 16.1 Å². The maximum atomic E-state index is 13.2. The lowest BCUT2D eigenvalue weighted by atomic mass is 10.1. The van der Waals surface area contributed by atoms with Crippen molar-refractivity contribution < 1.29 is 9.53 Å². The van der Waals surface area contributed by atoms with E-state index in [1.165, 1.54) is 16.9 Å². The summed E-state index contributed by atoms with van der Waals surface area (Å²) in [6, 6.07) is 8.17. The van der Waals surface area contributed by atoms with Gasteiger partial charge in [0.2, 0.25) is 5.91 Å². The van der Waals surface area contributed by atoms with Crippen molar-refractivity contribution in [2.24, 2.45) is 0 Å². The van der Waals surface area contributed by atoms with E-state index in [9.17, 15) is 9.59 Å². The second-order valence-corrected chi connectivity index (χ2v) is 9.86. The van der Waals surface area contributed by atoms with Gasteiger partial charge in [0.05, 0.1) is 17.8 Å². The predicted octanol–water partition coefficient (Wildman–Crippen LogP) is 3.15. The van der Waals surface area contributed by atoms with Crippen LogP contribution in [0.1, 0.15) is 24.8 Å². The van der Waals surface area contributed by atoms with Crippen molar-refractivity contribution in [2.45, 2.75) is 38.8 Å². The lowest BCUT2D eigenvalue weighted by molar-refractivity contribution is -0.133. The highest BCUT2D eigenvalue weighted by molar-refractivity contribution is 7.17. The van der Waals surface area contributed by atoms with Gasteiger partial charge < -0.3 is 9.64 Å². The Kier molecular flexibility index (Phi) is 6.57. The molecule has 1 aromatic carbocycles. The standard InChI is InChI=1S/C25H30N4O3S/c1-18-4-6-19(7-5-18)21-16-33-24-23(21)25(31)29(17-26-24)9-8-22(30)28-12-10-27(11-13-28)15-20-3-2-14-32-20/h4-7,16-17,20H,2-3,8-15H2,1H3. The number of hydrogen-bond donors (Lipinski definition) is 0. The normalized spacial score (nSPS) is 19.4. The van der Waals surface area contributed by atoms with Gasteiger partial charge in [0.25, 0.3) is 5.56 Å². The maximum Gasteiger partial charge on any atom is 0.262 e. The number of carbonyl (C=O) groups excluding carboxylic acids is 1. The summed E-state index contributed by atoms with van der Waals surface area (Å²) in [5.74, 6) is 0.0999. The van der Waals surface area contributed by atoms with E-state index in [1.54, 1.807) is 10.9 Å². The smallest absolute Gasteiger partial charge is 0.262 e. The summed E-state index contributed by atoms with van der Waals surface area (Å²) in [6.07, 6.45) is 4.53. The van der Waals surface area contributed by atoms with E-state index in [2.05, 4.69) is 9.88 Å². The van der Waals surface area contributed by atoms with Gasteiger partial charge in [-0.3, -0.25) is 19.1 Å². The third kappa shape index (κ3) is 4.88. The van der Waals surface area contributed by atoms with Gasteiger partial charge in [-0.1, -0.05) is 29.8 Å². The lowest BCUT2D eigenvalue weighted by Gasteiger charge is -2.35. The molecule has 3 aromatic rings. The molecule has 5 rings (SSSR count). The molecule has 0 saturated carbocycles. The summed E-state index contributed by atoms with van der Waals surface area (Å²) in [6.45, 7) is 7.47. The third-order valence-corrected chi connectivity index (χ3v) is 7.59. The number of ether oxygens (including phenoxy) is 1. The first-order valence-corrected chi connectivity index (χ1v) is 12.6. The molecule has 2 aliphatic rings. The SMILES string of the molecule is Cc1ccc(-c2csc3ncn(CCC(=O)N4CCN(CC5CCCO5)CC4)c(=O)c23)cc1. The molecule has 0 spiro atoms. The van der Waals surface area contributed by atoms with Crippen molar-refractivity contribution in [3.8, 4) is 11.1 Å². The first kappa shape index (κ1) is 22.3. The van der Waals surface area contributed by atoms with Crippen LogP contribution in [0.2, 0.25) is 0 Å². The first-order valence-electron chi connectivity index (χ1n) is 11.7.